The third-order valence-electron chi connectivity index (χ3n) is 2.02. The molecule has 0 heterocycles. The first kappa shape index (κ1) is 15.9. The van der Waals surface area contributed by atoms with Gasteiger partial charge in [0.1, 0.15) is 4.77 Å². The van der Waals surface area contributed by atoms with Crippen molar-refractivity contribution in [1.82, 2.24) is 0 Å². The summed E-state index contributed by atoms with van der Waals surface area (Å²) in [6.45, 7) is 4.05. The zero-order valence-corrected chi connectivity index (χ0v) is 13.5. The highest BCUT2D eigenvalue weighted by molar-refractivity contribution is 9.10. The summed E-state index contributed by atoms with van der Waals surface area (Å²) in [7, 11) is -3.37. The average molecular weight is 354 g/mol. The van der Waals surface area contributed by atoms with E-state index in [-0.39, 0.29) is 18.0 Å². The molecule has 3 nitrogen and oxygen atoms in total. The van der Waals surface area contributed by atoms with Crippen LogP contribution in [0.4, 0.5) is 0 Å². The van der Waals surface area contributed by atoms with Crippen molar-refractivity contribution in [3.63, 3.8) is 0 Å². The van der Waals surface area contributed by atoms with Crippen molar-refractivity contribution in [2.24, 2.45) is 0 Å². The van der Waals surface area contributed by atoms with E-state index in [0.29, 0.717) is 0 Å². The molecule has 100 valence electrons. The third-order valence-corrected chi connectivity index (χ3v) is 5.12. The molecule has 6 heteroatoms. The van der Waals surface area contributed by atoms with Crippen LogP contribution in [0, 0.1) is 0 Å². The molecule has 0 aromatic heterocycles. The van der Waals surface area contributed by atoms with Gasteiger partial charge >= 0.3 is 7.60 Å². The molecule has 0 amide bonds. The van der Waals surface area contributed by atoms with Gasteiger partial charge in [0.2, 0.25) is 0 Å². The lowest BCUT2D eigenvalue weighted by Gasteiger charge is -2.15. The average Bonchev–Trinajstić information content (AvgIpc) is 2.32. The van der Waals surface area contributed by atoms with Crippen molar-refractivity contribution in [3.05, 3.63) is 39.1 Å². The van der Waals surface area contributed by atoms with E-state index in [1.54, 1.807) is 19.9 Å². The van der Waals surface area contributed by atoms with E-state index in [4.69, 9.17) is 20.6 Å². The molecule has 1 rings (SSSR count). The van der Waals surface area contributed by atoms with E-state index in [2.05, 4.69) is 15.9 Å². The number of hydrogen-bond donors (Lipinski definition) is 0. The lowest BCUT2D eigenvalue weighted by Crippen LogP contribution is -1.95. The van der Waals surface area contributed by atoms with E-state index in [1.165, 1.54) is 0 Å². The Balaban J connectivity index is 2.98. The molecule has 0 aliphatic heterocycles. The molecular weight excluding hydrogens is 338 g/mol. The van der Waals surface area contributed by atoms with Crippen LogP contribution in [0.15, 0.2) is 33.5 Å². The largest absolute Gasteiger partial charge is 0.372 e. The van der Waals surface area contributed by atoms with Crippen LogP contribution in [0.2, 0.25) is 0 Å². The fourth-order valence-corrected chi connectivity index (χ4v) is 3.27. The molecule has 0 spiro atoms. The Labute approximate surface area is 121 Å². The van der Waals surface area contributed by atoms with Crippen molar-refractivity contribution in [1.29, 1.82) is 0 Å². The van der Waals surface area contributed by atoms with Crippen molar-refractivity contribution < 1.29 is 13.6 Å². The fraction of sp³-hybridized carbons (Fsp3) is 0.333. The second-order valence-corrected chi connectivity index (χ2v) is 6.93. The molecule has 0 fully saturated rings. The fourth-order valence-electron chi connectivity index (χ4n) is 1.28. The molecule has 0 saturated heterocycles. The minimum absolute atomic E-state index is 0.0912. The van der Waals surface area contributed by atoms with Crippen LogP contribution in [0.5, 0.6) is 0 Å². The van der Waals surface area contributed by atoms with Gasteiger partial charge in [0.05, 0.1) is 13.2 Å². The zero-order chi connectivity index (χ0) is 13.6. The molecule has 0 aliphatic carbocycles. The minimum Gasteiger partial charge on any atom is -0.305 e. The Morgan fingerprint density at radius 1 is 1.28 bits per heavy atom. The lowest BCUT2D eigenvalue weighted by atomic mass is 10.2. The molecule has 0 radical (unpaired) electrons. The molecule has 1 aromatic rings. The van der Waals surface area contributed by atoms with Crippen LogP contribution in [-0.4, -0.2) is 13.2 Å². The predicted molar refractivity (Wildman–Crippen MR) is 78.8 cm³/mol. The normalized spacial score (nSPS) is 12.8. The topological polar surface area (TPSA) is 35.5 Å². The standard InChI is InChI=1S/C12H15BrClO3P/c1-3-16-18(15,17-4-2)12(14)9-10-5-7-11(13)8-6-10/h5-9H,3-4H2,1-2H3/b12-9+. The second kappa shape index (κ2) is 7.46. The molecule has 0 saturated carbocycles. The third kappa shape index (κ3) is 4.52. The summed E-state index contributed by atoms with van der Waals surface area (Å²) in [4.78, 5) is 0. The van der Waals surface area contributed by atoms with E-state index >= 15 is 0 Å². The van der Waals surface area contributed by atoms with Gasteiger partial charge in [0, 0.05) is 4.47 Å². The SMILES string of the molecule is CCOP(=O)(OCC)/C(Cl)=C/c1ccc(Br)cc1. The Kier molecular flexibility index (Phi) is 6.61. The van der Waals surface area contributed by atoms with E-state index in [9.17, 15) is 4.57 Å². The van der Waals surface area contributed by atoms with Crippen LogP contribution in [0.3, 0.4) is 0 Å². The van der Waals surface area contributed by atoms with Crippen LogP contribution < -0.4 is 0 Å². The van der Waals surface area contributed by atoms with Gasteiger partial charge in [-0.3, -0.25) is 4.57 Å². The molecule has 0 atom stereocenters. The summed E-state index contributed by atoms with van der Waals surface area (Å²) >= 11 is 9.40. The molecule has 18 heavy (non-hydrogen) atoms. The summed E-state index contributed by atoms with van der Waals surface area (Å²) < 4.78 is 23.7. The first-order valence-electron chi connectivity index (χ1n) is 5.54. The van der Waals surface area contributed by atoms with Gasteiger partial charge in [-0.2, -0.15) is 0 Å². The minimum atomic E-state index is -3.37. The maximum Gasteiger partial charge on any atom is 0.372 e. The summed E-state index contributed by atoms with van der Waals surface area (Å²) in [5.74, 6) is 0. The van der Waals surface area contributed by atoms with Crippen molar-refractivity contribution in [2.75, 3.05) is 13.2 Å². The van der Waals surface area contributed by atoms with Crippen LogP contribution in [0.25, 0.3) is 6.08 Å². The maximum atomic E-state index is 12.3. The highest BCUT2D eigenvalue weighted by Crippen LogP contribution is 2.58. The van der Waals surface area contributed by atoms with E-state index in [0.717, 1.165) is 10.0 Å². The number of benzene rings is 1. The molecular formula is C12H15BrClO3P. The van der Waals surface area contributed by atoms with E-state index < -0.39 is 7.60 Å². The van der Waals surface area contributed by atoms with Crippen molar-refractivity contribution >= 4 is 41.2 Å². The Morgan fingerprint density at radius 2 is 1.78 bits per heavy atom. The molecule has 0 unspecified atom stereocenters. The number of hydrogen-bond acceptors (Lipinski definition) is 3. The summed E-state index contributed by atoms with van der Waals surface area (Å²) in [5, 5.41) is 0. The van der Waals surface area contributed by atoms with Crippen molar-refractivity contribution in [3.8, 4) is 0 Å². The first-order valence-corrected chi connectivity index (χ1v) is 8.25. The molecule has 1 aromatic carbocycles. The first-order chi connectivity index (χ1) is 8.51. The summed E-state index contributed by atoms with van der Waals surface area (Å²) in [5.41, 5.74) is 0.836. The smallest absolute Gasteiger partial charge is 0.305 e. The van der Waals surface area contributed by atoms with Gasteiger partial charge in [0.25, 0.3) is 0 Å². The monoisotopic (exact) mass is 352 g/mol. The molecule has 0 bridgehead atoms. The molecule has 0 aliphatic rings. The van der Waals surface area contributed by atoms with Crippen LogP contribution in [-0.2, 0) is 13.6 Å². The van der Waals surface area contributed by atoms with Gasteiger partial charge in [-0.15, -0.1) is 0 Å². The van der Waals surface area contributed by atoms with Gasteiger partial charge in [0.15, 0.2) is 0 Å². The highest BCUT2D eigenvalue weighted by atomic mass is 79.9. The second-order valence-electron chi connectivity index (χ2n) is 3.35. The predicted octanol–water partition coefficient (Wildman–Crippen LogP) is 5.25. The summed E-state index contributed by atoms with van der Waals surface area (Å²) in [6, 6.07) is 7.47. The Bertz CT molecular complexity index is 449. The van der Waals surface area contributed by atoms with E-state index in [1.807, 2.05) is 24.3 Å². The van der Waals surface area contributed by atoms with Gasteiger partial charge < -0.3 is 9.05 Å². The number of halogens is 2. The van der Waals surface area contributed by atoms with Crippen LogP contribution >= 0.6 is 35.1 Å². The number of rotatable bonds is 6. The summed E-state index contributed by atoms with van der Waals surface area (Å²) in [6.07, 6.45) is 1.60. The van der Waals surface area contributed by atoms with Gasteiger partial charge in [-0.25, -0.2) is 0 Å². The van der Waals surface area contributed by atoms with Gasteiger partial charge in [-0.1, -0.05) is 39.7 Å². The maximum absolute atomic E-state index is 12.3. The van der Waals surface area contributed by atoms with Gasteiger partial charge in [-0.05, 0) is 37.6 Å². The van der Waals surface area contributed by atoms with Crippen molar-refractivity contribution in [2.45, 2.75) is 13.8 Å². The quantitative estimate of drug-likeness (QED) is 0.655. The molecule has 0 N–H and O–H groups in total. The Hall–Kier alpha value is -0.120. The lowest BCUT2D eigenvalue weighted by molar-refractivity contribution is 0.228. The van der Waals surface area contributed by atoms with Crippen LogP contribution in [0.1, 0.15) is 19.4 Å². The zero-order valence-electron chi connectivity index (χ0n) is 10.2. The highest BCUT2D eigenvalue weighted by Gasteiger charge is 2.28. The Morgan fingerprint density at radius 3 is 2.22 bits per heavy atom.